The molecule has 28 heteroatoms. The summed E-state index contributed by atoms with van der Waals surface area (Å²) in [4.78, 5) is 84.6. The summed E-state index contributed by atoms with van der Waals surface area (Å²) in [6.07, 6.45) is -7.85. The van der Waals surface area contributed by atoms with E-state index in [1.165, 1.54) is 24.1 Å². The number of ether oxygens (including phenoxy) is 3. The van der Waals surface area contributed by atoms with E-state index in [0.29, 0.717) is 0 Å². The fraction of sp³-hybridized carbons (Fsp3) is 0.536. The van der Waals surface area contributed by atoms with Crippen LogP contribution in [0.25, 0.3) is 11.2 Å². The van der Waals surface area contributed by atoms with Gasteiger partial charge in [0.1, 0.15) is 48.2 Å². The van der Waals surface area contributed by atoms with E-state index in [0.717, 1.165) is 28.1 Å². The first kappa shape index (κ1) is 42.9. The average Bonchev–Trinajstić information content (AvgIpc) is 3.78. The number of fused-ring (bicyclic) bond motifs is 1. The lowest BCUT2D eigenvalue weighted by atomic mass is 10.0. The fourth-order valence-electron chi connectivity index (χ4n) is 6.18. The van der Waals surface area contributed by atoms with Crippen LogP contribution in [0.5, 0.6) is 0 Å². The maximum Gasteiger partial charge on any atom is 0.472 e. The first-order valence-corrected chi connectivity index (χ1v) is 19.3. The number of aliphatic hydroxyl groups excluding tert-OH is 2. The Balaban J connectivity index is 1.47. The van der Waals surface area contributed by atoms with Crippen LogP contribution in [0, 0.1) is 0 Å². The number of anilines is 2. The number of nitrogens with zero attached hydrogens (tertiary/aromatic N) is 7. The second-order valence-electron chi connectivity index (χ2n) is 12.3. The molecule has 10 N–H and O–H groups in total. The minimum atomic E-state index is -5.46. The highest BCUT2D eigenvalue weighted by Gasteiger charge is 2.54. The molecule has 2 aliphatic heterocycles. The highest BCUT2D eigenvalue weighted by Crippen LogP contribution is 2.50. The van der Waals surface area contributed by atoms with Gasteiger partial charge in [-0.1, -0.05) is 6.08 Å². The lowest BCUT2D eigenvalue weighted by Gasteiger charge is -2.37. The number of imidazole rings is 1. The van der Waals surface area contributed by atoms with Crippen LogP contribution in [0.4, 0.5) is 11.6 Å². The largest absolute Gasteiger partial charge is 0.480 e. The number of carbonyl (C=O) groups excluding carboxylic acids is 1. The maximum absolute atomic E-state index is 13.7. The summed E-state index contributed by atoms with van der Waals surface area (Å²) >= 11 is 0. The molecule has 2 fully saturated rings. The van der Waals surface area contributed by atoms with Crippen molar-refractivity contribution < 1.29 is 76.5 Å². The molecule has 56 heavy (non-hydrogen) atoms. The van der Waals surface area contributed by atoms with Gasteiger partial charge in [-0.2, -0.15) is 4.98 Å². The highest BCUT2D eigenvalue weighted by atomic mass is 31.2. The number of nitrogens with two attached hydrogens (primary N) is 2. The van der Waals surface area contributed by atoms with Crippen molar-refractivity contribution in [3.63, 3.8) is 0 Å². The number of carboxylic acid groups (broad SMARTS) is 1. The molecule has 0 aromatic carbocycles. The number of allylic oxidation sites excluding steroid dienone is 1. The zero-order chi connectivity index (χ0) is 41.1. The van der Waals surface area contributed by atoms with Crippen molar-refractivity contribution in [2.75, 3.05) is 38.4 Å². The minimum absolute atomic E-state index is 0.0364. The Kier molecular flexibility index (Phi) is 13.4. The molecule has 0 saturated carbocycles. The number of carboxylic acids is 1. The third kappa shape index (κ3) is 9.46. The van der Waals surface area contributed by atoms with Crippen molar-refractivity contribution in [1.29, 1.82) is 0 Å². The van der Waals surface area contributed by atoms with Gasteiger partial charge in [-0.3, -0.25) is 27.5 Å². The molecule has 5 rings (SSSR count). The second-order valence-corrected chi connectivity index (χ2v) is 14.9. The van der Waals surface area contributed by atoms with Gasteiger partial charge in [0.25, 0.3) is 0 Å². The van der Waals surface area contributed by atoms with Crippen LogP contribution in [-0.4, -0.2) is 145 Å². The Morgan fingerprint density at radius 3 is 2.38 bits per heavy atom. The van der Waals surface area contributed by atoms with E-state index in [1.807, 2.05) is 0 Å². The molecular formula is C28H39N9O17P2. The van der Waals surface area contributed by atoms with Gasteiger partial charge in [-0.05, 0) is 12.5 Å². The summed E-state index contributed by atoms with van der Waals surface area (Å²) < 4.78 is 58.6. The summed E-state index contributed by atoms with van der Waals surface area (Å²) in [6.45, 7) is 0.951. The van der Waals surface area contributed by atoms with Crippen LogP contribution in [0.15, 0.2) is 42.4 Å². The van der Waals surface area contributed by atoms with Crippen molar-refractivity contribution in [2.45, 2.75) is 67.9 Å². The molecule has 0 spiro atoms. The number of phosphoric ester groups is 2. The van der Waals surface area contributed by atoms with E-state index in [9.17, 15) is 53.5 Å². The number of aliphatic hydroxyl groups is 2. The lowest BCUT2D eigenvalue weighted by Crippen LogP contribution is -2.59. The Bertz CT molecular complexity index is 2070. The van der Waals surface area contributed by atoms with Crippen LogP contribution in [0.2, 0.25) is 0 Å². The third-order valence-corrected chi connectivity index (χ3v) is 10.1. The number of hydrogen-bond acceptors (Lipinski definition) is 19. The maximum atomic E-state index is 13.7. The smallest absolute Gasteiger partial charge is 0.472 e. The minimum Gasteiger partial charge on any atom is -0.480 e. The number of rotatable bonds is 18. The molecule has 5 heterocycles. The summed E-state index contributed by atoms with van der Waals surface area (Å²) in [6, 6.07) is -2.22. The van der Waals surface area contributed by atoms with Crippen molar-refractivity contribution in [3.8, 4) is 0 Å². The van der Waals surface area contributed by atoms with Gasteiger partial charge >= 0.3 is 27.3 Å². The molecule has 2 aliphatic rings. The number of aromatic nitrogens is 6. The first-order valence-electron chi connectivity index (χ1n) is 16.3. The van der Waals surface area contributed by atoms with Gasteiger partial charge in [-0.25, -0.2) is 33.7 Å². The molecule has 10 atom stereocenters. The molecule has 0 radical (unpaired) electrons. The number of carbonyl (C=O) groups is 2. The molecular weight excluding hydrogens is 796 g/mol. The standard InChI is InChI=1S/C28H39N9O17P2/c1-3-4-5-17(38)37(13(8-49-2)27(41)42)19-14(52-25(20(19)39)36-12-33-18-23(30)31-11-32-24(18)36)9-51-56(47,48)54-22-15(10-50-55(44,45)46)53-26(21(22)40)35-7-6-16(29)34-28(35)43/h3,6-7,11-15,19-22,25-26,39-40H,1,4-5,8-10H2,2H3,(H,41,42)(H,47,48)(H2,29,34,43)(H2,30,31,32)(H2,44,45,46)/t13-,14?,15-,19?,20?,21-,22-,25?,26-/m1/s1. The van der Waals surface area contributed by atoms with E-state index in [-0.39, 0.29) is 35.6 Å². The lowest BCUT2D eigenvalue weighted by molar-refractivity contribution is -0.158. The monoisotopic (exact) mass is 835 g/mol. The molecule has 1 amide bonds. The van der Waals surface area contributed by atoms with Crippen molar-refractivity contribution in [1.82, 2.24) is 34.0 Å². The summed E-state index contributed by atoms with van der Waals surface area (Å²) in [5.74, 6) is -2.58. The molecule has 26 nitrogen and oxygen atoms in total. The van der Waals surface area contributed by atoms with Crippen molar-refractivity contribution in [3.05, 3.63) is 48.1 Å². The Morgan fingerprint density at radius 1 is 1.05 bits per heavy atom. The van der Waals surface area contributed by atoms with Gasteiger partial charge in [0, 0.05) is 19.7 Å². The molecule has 0 bridgehead atoms. The Labute approximate surface area is 315 Å². The Hall–Kier alpha value is -4.27. The van der Waals surface area contributed by atoms with Gasteiger partial charge < -0.3 is 60.6 Å². The molecule has 0 aliphatic carbocycles. The summed E-state index contributed by atoms with van der Waals surface area (Å²) in [7, 11) is -9.46. The SMILES string of the molecule is C=CCCC(=O)N(C1C(COP(=O)(O)O[C@H]2[C@@H](O)[C@H](n3ccc(N)nc3=O)O[C@@H]2COP(=O)(O)O)OC(n2cnc3c(N)ncnc32)C1O)[C@H](COC)C(=O)O. The number of aliphatic carboxylic acids is 1. The molecule has 3 aromatic rings. The predicted molar refractivity (Wildman–Crippen MR) is 184 cm³/mol. The van der Waals surface area contributed by atoms with Crippen molar-refractivity contribution >= 4 is 50.3 Å². The number of nitrogen functional groups attached to an aromatic ring is 2. The van der Waals surface area contributed by atoms with Gasteiger partial charge in [0.15, 0.2) is 30.0 Å². The van der Waals surface area contributed by atoms with Crippen LogP contribution in [0.1, 0.15) is 25.3 Å². The van der Waals surface area contributed by atoms with Gasteiger partial charge in [0.05, 0.1) is 32.2 Å². The number of amides is 1. The van der Waals surface area contributed by atoms with E-state index in [4.69, 9.17) is 34.7 Å². The molecule has 3 aromatic heterocycles. The van der Waals surface area contributed by atoms with Gasteiger partial charge in [0.2, 0.25) is 5.91 Å². The summed E-state index contributed by atoms with van der Waals surface area (Å²) in [5.41, 5.74) is 10.5. The van der Waals surface area contributed by atoms with E-state index >= 15 is 0 Å². The molecule has 308 valence electrons. The van der Waals surface area contributed by atoms with E-state index < -0.39 is 108 Å². The van der Waals surface area contributed by atoms with E-state index in [1.54, 1.807) is 0 Å². The van der Waals surface area contributed by atoms with Crippen LogP contribution < -0.4 is 17.2 Å². The quantitative estimate of drug-likeness (QED) is 0.0490. The highest BCUT2D eigenvalue weighted by molar-refractivity contribution is 7.47. The average molecular weight is 836 g/mol. The van der Waals surface area contributed by atoms with Gasteiger partial charge in [-0.15, -0.1) is 6.58 Å². The zero-order valence-electron chi connectivity index (χ0n) is 29.2. The first-order chi connectivity index (χ1) is 26.4. The predicted octanol–water partition coefficient (Wildman–Crippen LogP) is -2.36. The van der Waals surface area contributed by atoms with Crippen LogP contribution in [0.3, 0.4) is 0 Å². The topological polar surface area (TPSA) is 379 Å². The van der Waals surface area contributed by atoms with Crippen LogP contribution in [-0.2, 0) is 46.5 Å². The molecule has 2 saturated heterocycles. The fourth-order valence-corrected chi connectivity index (χ4v) is 7.49. The normalized spacial score (nSPS) is 26.9. The summed E-state index contributed by atoms with van der Waals surface area (Å²) in [5, 5.41) is 33.1. The van der Waals surface area contributed by atoms with Crippen molar-refractivity contribution in [2.24, 2.45) is 0 Å². The van der Waals surface area contributed by atoms with Crippen LogP contribution >= 0.6 is 15.6 Å². The molecule has 5 unspecified atom stereocenters. The van der Waals surface area contributed by atoms with E-state index in [2.05, 4.69) is 31.0 Å². The Morgan fingerprint density at radius 2 is 1.73 bits per heavy atom. The number of hydrogen-bond donors (Lipinski definition) is 8. The number of methoxy groups -OCH3 is 1. The zero-order valence-corrected chi connectivity index (χ0v) is 31.0. The second kappa shape index (κ2) is 17.5. The third-order valence-electron chi connectivity index (χ3n) is 8.61. The number of phosphoric acid groups is 2.